The van der Waals surface area contributed by atoms with E-state index in [1.165, 1.54) is 31.2 Å². The molecule has 1 fully saturated rings. The molecular formula is C18H27Cl2N. The van der Waals surface area contributed by atoms with E-state index < -0.39 is 0 Å². The zero-order valence-electron chi connectivity index (χ0n) is 13.4. The van der Waals surface area contributed by atoms with Crippen molar-refractivity contribution in [3.63, 3.8) is 0 Å². The molecule has 0 amide bonds. The Labute approximate surface area is 139 Å². The monoisotopic (exact) mass is 327 g/mol. The highest BCUT2D eigenvalue weighted by molar-refractivity contribution is 6.35. The first kappa shape index (κ1) is 17.1. The van der Waals surface area contributed by atoms with Crippen molar-refractivity contribution in [1.82, 2.24) is 5.32 Å². The molecule has 1 aromatic rings. The van der Waals surface area contributed by atoms with Gasteiger partial charge >= 0.3 is 0 Å². The van der Waals surface area contributed by atoms with Gasteiger partial charge in [0.05, 0.1) is 0 Å². The Morgan fingerprint density at radius 1 is 1.29 bits per heavy atom. The molecule has 1 N–H and O–H groups in total. The van der Waals surface area contributed by atoms with Gasteiger partial charge in [-0.1, -0.05) is 62.9 Å². The van der Waals surface area contributed by atoms with Crippen LogP contribution in [0.2, 0.25) is 10.0 Å². The lowest BCUT2D eigenvalue weighted by molar-refractivity contribution is 0.128. The van der Waals surface area contributed by atoms with Crippen molar-refractivity contribution in [3.8, 4) is 0 Å². The summed E-state index contributed by atoms with van der Waals surface area (Å²) in [5, 5.41) is 5.18. The lowest BCUT2D eigenvalue weighted by Gasteiger charge is -2.49. The van der Waals surface area contributed by atoms with Crippen LogP contribution in [0.1, 0.15) is 52.0 Å². The summed E-state index contributed by atoms with van der Waals surface area (Å²) < 4.78 is 0. The SMILES string of the molecule is CCCC1CC(CNCC(C)C)(c2ccc(Cl)cc2Cl)C1. The van der Waals surface area contributed by atoms with E-state index in [0.717, 1.165) is 29.1 Å². The second kappa shape index (κ2) is 7.35. The van der Waals surface area contributed by atoms with Crippen molar-refractivity contribution in [2.45, 2.75) is 51.9 Å². The molecule has 0 radical (unpaired) electrons. The van der Waals surface area contributed by atoms with Crippen molar-refractivity contribution in [2.75, 3.05) is 13.1 Å². The molecule has 1 aliphatic rings. The molecule has 0 aromatic heterocycles. The number of rotatable bonds is 7. The van der Waals surface area contributed by atoms with Crippen molar-refractivity contribution in [1.29, 1.82) is 0 Å². The molecule has 21 heavy (non-hydrogen) atoms. The summed E-state index contributed by atoms with van der Waals surface area (Å²) in [5.74, 6) is 1.52. The third-order valence-corrected chi connectivity index (χ3v) is 5.12. The maximum atomic E-state index is 6.48. The first-order valence-corrected chi connectivity index (χ1v) is 8.88. The van der Waals surface area contributed by atoms with Gasteiger partial charge < -0.3 is 5.32 Å². The van der Waals surface area contributed by atoms with Gasteiger partial charge in [0.2, 0.25) is 0 Å². The first-order valence-electron chi connectivity index (χ1n) is 8.13. The van der Waals surface area contributed by atoms with Crippen molar-refractivity contribution in [3.05, 3.63) is 33.8 Å². The molecule has 0 saturated heterocycles. The maximum absolute atomic E-state index is 6.48. The summed E-state index contributed by atoms with van der Waals surface area (Å²) in [7, 11) is 0. The fourth-order valence-electron chi connectivity index (χ4n) is 3.64. The smallest absolute Gasteiger partial charge is 0.0458 e. The molecule has 1 saturated carbocycles. The van der Waals surface area contributed by atoms with E-state index in [-0.39, 0.29) is 5.41 Å². The quantitative estimate of drug-likeness (QED) is 0.678. The Hall–Kier alpha value is -0.240. The standard InChI is InChI=1S/C18H27Cl2N/c1-4-5-14-9-18(10-14,12-21-11-13(2)3)16-7-6-15(19)8-17(16)20/h6-8,13-14,21H,4-5,9-12H2,1-3H3. The van der Waals surface area contributed by atoms with E-state index in [1.807, 2.05) is 12.1 Å². The lowest BCUT2D eigenvalue weighted by Crippen LogP contribution is -2.49. The van der Waals surface area contributed by atoms with Gasteiger partial charge in [-0.05, 0) is 48.9 Å². The Morgan fingerprint density at radius 2 is 2.00 bits per heavy atom. The second-order valence-electron chi connectivity index (χ2n) is 6.99. The second-order valence-corrected chi connectivity index (χ2v) is 7.84. The summed E-state index contributed by atoms with van der Waals surface area (Å²) in [6, 6.07) is 5.99. The van der Waals surface area contributed by atoms with Gasteiger partial charge in [0, 0.05) is 22.0 Å². The Kier molecular flexibility index (Phi) is 5.99. The number of hydrogen-bond donors (Lipinski definition) is 1. The van der Waals surface area contributed by atoms with Gasteiger partial charge in [-0.25, -0.2) is 0 Å². The predicted octanol–water partition coefficient (Wildman–Crippen LogP) is 5.69. The Balaban J connectivity index is 2.13. The highest BCUT2D eigenvalue weighted by Gasteiger charge is 2.45. The minimum absolute atomic E-state index is 0.205. The topological polar surface area (TPSA) is 12.0 Å². The van der Waals surface area contributed by atoms with E-state index in [9.17, 15) is 0 Å². The largest absolute Gasteiger partial charge is 0.316 e. The molecule has 1 aromatic carbocycles. The van der Waals surface area contributed by atoms with Crippen LogP contribution < -0.4 is 5.32 Å². The van der Waals surface area contributed by atoms with Crippen LogP contribution in [-0.4, -0.2) is 13.1 Å². The van der Waals surface area contributed by atoms with E-state index in [1.54, 1.807) is 0 Å². The van der Waals surface area contributed by atoms with Crippen LogP contribution in [0.25, 0.3) is 0 Å². The molecule has 0 atom stereocenters. The van der Waals surface area contributed by atoms with Crippen molar-refractivity contribution < 1.29 is 0 Å². The van der Waals surface area contributed by atoms with Gasteiger partial charge in [0.15, 0.2) is 0 Å². The zero-order chi connectivity index (χ0) is 15.5. The number of benzene rings is 1. The molecule has 0 heterocycles. The van der Waals surface area contributed by atoms with Crippen LogP contribution in [0.4, 0.5) is 0 Å². The van der Waals surface area contributed by atoms with Gasteiger partial charge in [-0.15, -0.1) is 0 Å². The number of nitrogens with one attached hydrogen (secondary N) is 1. The highest BCUT2D eigenvalue weighted by Crippen LogP contribution is 2.51. The zero-order valence-corrected chi connectivity index (χ0v) is 14.9. The molecule has 0 unspecified atom stereocenters. The average molecular weight is 328 g/mol. The first-order chi connectivity index (χ1) is 9.97. The van der Waals surface area contributed by atoms with Gasteiger partial charge in [-0.3, -0.25) is 0 Å². The summed E-state index contributed by atoms with van der Waals surface area (Å²) >= 11 is 12.5. The molecular weight excluding hydrogens is 301 g/mol. The molecule has 0 bridgehead atoms. The predicted molar refractivity (Wildman–Crippen MR) is 93.5 cm³/mol. The lowest BCUT2D eigenvalue weighted by atomic mass is 9.57. The van der Waals surface area contributed by atoms with E-state index in [0.29, 0.717) is 5.92 Å². The van der Waals surface area contributed by atoms with Crippen LogP contribution >= 0.6 is 23.2 Å². The van der Waals surface area contributed by atoms with Crippen LogP contribution in [0.5, 0.6) is 0 Å². The van der Waals surface area contributed by atoms with Crippen molar-refractivity contribution >= 4 is 23.2 Å². The fourth-order valence-corrected chi connectivity index (χ4v) is 4.25. The van der Waals surface area contributed by atoms with Crippen LogP contribution in [0, 0.1) is 11.8 Å². The highest BCUT2D eigenvalue weighted by atomic mass is 35.5. The van der Waals surface area contributed by atoms with E-state index >= 15 is 0 Å². The minimum atomic E-state index is 0.205. The molecule has 0 spiro atoms. The Morgan fingerprint density at radius 3 is 2.57 bits per heavy atom. The third-order valence-electron chi connectivity index (χ3n) is 4.57. The van der Waals surface area contributed by atoms with Crippen LogP contribution in [-0.2, 0) is 5.41 Å². The minimum Gasteiger partial charge on any atom is -0.316 e. The molecule has 0 aliphatic heterocycles. The average Bonchev–Trinajstić information content (AvgIpc) is 2.35. The normalized spacial score (nSPS) is 25.1. The van der Waals surface area contributed by atoms with Gasteiger partial charge in [-0.2, -0.15) is 0 Å². The fraction of sp³-hybridized carbons (Fsp3) is 0.667. The van der Waals surface area contributed by atoms with Crippen molar-refractivity contribution in [2.24, 2.45) is 11.8 Å². The summed E-state index contributed by atoms with van der Waals surface area (Å²) in [4.78, 5) is 0. The number of halogens is 2. The summed E-state index contributed by atoms with van der Waals surface area (Å²) in [6.45, 7) is 8.84. The van der Waals surface area contributed by atoms with Gasteiger partial charge in [0.25, 0.3) is 0 Å². The van der Waals surface area contributed by atoms with E-state index in [4.69, 9.17) is 23.2 Å². The Bertz CT molecular complexity index is 464. The molecule has 3 heteroatoms. The van der Waals surface area contributed by atoms with Crippen LogP contribution in [0.3, 0.4) is 0 Å². The molecule has 118 valence electrons. The third kappa shape index (κ3) is 4.15. The number of hydrogen-bond acceptors (Lipinski definition) is 1. The summed E-state index contributed by atoms with van der Waals surface area (Å²) in [5.41, 5.74) is 1.48. The van der Waals surface area contributed by atoms with Gasteiger partial charge in [0.1, 0.15) is 0 Å². The maximum Gasteiger partial charge on any atom is 0.0458 e. The summed E-state index contributed by atoms with van der Waals surface area (Å²) in [6.07, 6.45) is 5.09. The molecule has 1 aliphatic carbocycles. The van der Waals surface area contributed by atoms with E-state index in [2.05, 4.69) is 32.2 Å². The van der Waals surface area contributed by atoms with Crippen LogP contribution in [0.15, 0.2) is 18.2 Å². The molecule has 1 nitrogen and oxygen atoms in total. The molecule has 2 rings (SSSR count).